The van der Waals surface area contributed by atoms with Gasteiger partial charge in [-0.1, -0.05) is 11.6 Å². The van der Waals surface area contributed by atoms with Crippen LogP contribution in [0.1, 0.15) is 17.7 Å². The van der Waals surface area contributed by atoms with E-state index in [0.29, 0.717) is 22.9 Å². The summed E-state index contributed by atoms with van der Waals surface area (Å²) in [6.07, 6.45) is 3.31. The second kappa shape index (κ2) is 5.75. The predicted octanol–water partition coefficient (Wildman–Crippen LogP) is 1.48. The van der Waals surface area contributed by atoms with E-state index in [1.54, 1.807) is 24.9 Å². The molecule has 0 bridgehead atoms. The van der Waals surface area contributed by atoms with Crippen molar-refractivity contribution in [3.8, 4) is 6.07 Å². The van der Waals surface area contributed by atoms with Crippen molar-refractivity contribution < 1.29 is 4.79 Å². The number of carbonyl (C=O) groups is 1. The summed E-state index contributed by atoms with van der Waals surface area (Å²) >= 11 is 5.89. The summed E-state index contributed by atoms with van der Waals surface area (Å²) in [7, 11) is 1.66. The van der Waals surface area contributed by atoms with Crippen molar-refractivity contribution in [1.29, 1.82) is 5.26 Å². The number of aryl methyl sites for hydroxylation is 3. The van der Waals surface area contributed by atoms with Crippen molar-refractivity contribution in [2.45, 2.75) is 19.9 Å². The van der Waals surface area contributed by atoms with Crippen LogP contribution < -0.4 is 5.32 Å². The second-order valence-electron chi connectivity index (χ2n) is 4.27. The van der Waals surface area contributed by atoms with Crippen LogP contribution in [-0.4, -0.2) is 25.5 Å². The van der Waals surface area contributed by atoms with Crippen molar-refractivity contribution in [3.05, 3.63) is 28.7 Å². The smallest absolute Gasteiger partial charge is 0.227 e. The van der Waals surface area contributed by atoms with Gasteiger partial charge in [-0.25, -0.2) is 0 Å². The van der Waals surface area contributed by atoms with E-state index in [-0.39, 0.29) is 12.3 Å². The number of nitrogens with one attached hydrogen (secondary N) is 1. The van der Waals surface area contributed by atoms with Crippen LogP contribution >= 0.6 is 11.6 Å². The molecule has 0 aliphatic heterocycles. The number of anilines is 1. The predicted molar refractivity (Wildman–Crippen MR) is 73.1 cm³/mol. The van der Waals surface area contributed by atoms with Gasteiger partial charge in [-0.3, -0.25) is 14.2 Å². The van der Waals surface area contributed by atoms with Gasteiger partial charge in [-0.2, -0.15) is 15.5 Å². The molecule has 7 nitrogen and oxygen atoms in total. The van der Waals surface area contributed by atoms with Crippen LogP contribution in [0.4, 0.5) is 5.82 Å². The molecule has 0 atom stereocenters. The molecule has 0 aliphatic rings. The van der Waals surface area contributed by atoms with Crippen LogP contribution in [0, 0.1) is 18.3 Å². The summed E-state index contributed by atoms with van der Waals surface area (Å²) in [4.78, 5) is 11.9. The molecule has 20 heavy (non-hydrogen) atoms. The summed E-state index contributed by atoms with van der Waals surface area (Å²) in [5.41, 5.74) is 1.06. The lowest BCUT2D eigenvalue weighted by Crippen LogP contribution is -2.17. The number of nitrogens with zero attached hydrogens (tertiary/aromatic N) is 5. The summed E-state index contributed by atoms with van der Waals surface area (Å²) in [5.74, 6) is 0.182. The minimum Gasteiger partial charge on any atom is -0.310 e. The summed E-state index contributed by atoms with van der Waals surface area (Å²) in [6, 6.07) is 1.97. The van der Waals surface area contributed by atoms with E-state index in [4.69, 9.17) is 16.9 Å². The zero-order chi connectivity index (χ0) is 14.7. The third-order valence-corrected chi connectivity index (χ3v) is 3.14. The molecule has 1 N–H and O–H groups in total. The van der Waals surface area contributed by atoms with Gasteiger partial charge in [0.2, 0.25) is 5.91 Å². The third kappa shape index (κ3) is 2.97. The molecule has 0 unspecified atom stereocenters. The Balaban J connectivity index is 1.96. The lowest BCUT2D eigenvalue weighted by atomic mass is 10.3. The van der Waals surface area contributed by atoms with E-state index in [0.717, 1.165) is 5.69 Å². The third-order valence-electron chi connectivity index (χ3n) is 2.77. The zero-order valence-corrected chi connectivity index (χ0v) is 11.8. The Morgan fingerprint density at radius 2 is 2.35 bits per heavy atom. The van der Waals surface area contributed by atoms with Crippen molar-refractivity contribution in [3.63, 3.8) is 0 Å². The van der Waals surface area contributed by atoms with Crippen LogP contribution in [-0.2, 0) is 18.4 Å². The van der Waals surface area contributed by atoms with E-state index >= 15 is 0 Å². The van der Waals surface area contributed by atoms with E-state index in [2.05, 4.69) is 15.5 Å². The van der Waals surface area contributed by atoms with Gasteiger partial charge in [0.05, 0.1) is 16.9 Å². The largest absolute Gasteiger partial charge is 0.310 e. The van der Waals surface area contributed by atoms with Gasteiger partial charge >= 0.3 is 0 Å². The molecular weight excluding hydrogens is 280 g/mol. The lowest BCUT2D eigenvalue weighted by Gasteiger charge is -2.06. The Morgan fingerprint density at radius 1 is 1.60 bits per heavy atom. The molecule has 0 aliphatic carbocycles. The summed E-state index contributed by atoms with van der Waals surface area (Å²) in [5, 5.41) is 20.2. The molecule has 0 fully saturated rings. The fourth-order valence-corrected chi connectivity index (χ4v) is 1.84. The summed E-state index contributed by atoms with van der Waals surface area (Å²) in [6.45, 7) is 2.22. The first-order valence-corrected chi connectivity index (χ1v) is 6.30. The fraction of sp³-hybridized carbons (Fsp3) is 0.333. The Bertz CT molecular complexity index is 661. The second-order valence-corrected chi connectivity index (χ2v) is 4.67. The zero-order valence-electron chi connectivity index (χ0n) is 11.1. The van der Waals surface area contributed by atoms with Gasteiger partial charge in [0, 0.05) is 26.2 Å². The van der Waals surface area contributed by atoms with Crippen LogP contribution in [0.15, 0.2) is 12.4 Å². The van der Waals surface area contributed by atoms with Gasteiger partial charge < -0.3 is 5.32 Å². The van der Waals surface area contributed by atoms with Gasteiger partial charge in [0.15, 0.2) is 0 Å². The topological polar surface area (TPSA) is 88.5 Å². The van der Waals surface area contributed by atoms with E-state index < -0.39 is 0 Å². The molecular formula is C12H13ClN6O. The lowest BCUT2D eigenvalue weighted by molar-refractivity contribution is -0.116. The molecule has 0 saturated carbocycles. The SMILES string of the molecule is Cc1nn(CCC(=O)Nc2c(C#N)cnn2C)cc1Cl. The van der Waals surface area contributed by atoms with Crippen LogP contribution in [0.25, 0.3) is 0 Å². The minimum absolute atomic E-state index is 0.214. The average Bonchev–Trinajstić information content (AvgIpc) is 2.92. The maximum absolute atomic E-state index is 11.9. The van der Waals surface area contributed by atoms with Crippen molar-refractivity contribution in [2.24, 2.45) is 7.05 Å². The maximum Gasteiger partial charge on any atom is 0.227 e. The minimum atomic E-state index is -0.214. The molecule has 2 heterocycles. The molecule has 2 rings (SSSR count). The number of halogens is 1. The quantitative estimate of drug-likeness (QED) is 0.924. The number of nitriles is 1. The average molecular weight is 293 g/mol. The monoisotopic (exact) mass is 292 g/mol. The molecule has 0 radical (unpaired) electrons. The Labute approximate surface area is 120 Å². The van der Waals surface area contributed by atoms with E-state index in [1.165, 1.54) is 10.9 Å². The first-order chi connectivity index (χ1) is 9.51. The van der Waals surface area contributed by atoms with Crippen molar-refractivity contribution in [1.82, 2.24) is 19.6 Å². The standard InChI is InChI=1S/C12H13ClN6O/c1-8-10(13)7-19(17-8)4-3-11(20)16-12-9(5-14)6-15-18(12)2/h6-7H,3-4H2,1-2H3,(H,16,20). The van der Waals surface area contributed by atoms with Gasteiger partial charge in [-0.05, 0) is 6.92 Å². The highest BCUT2D eigenvalue weighted by atomic mass is 35.5. The van der Waals surface area contributed by atoms with Gasteiger partial charge in [0.1, 0.15) is 17.5 Å². The number of hydrogen-bond donors (Lipinski definition) is 1. The Hall–Kier alpha value is -2.33. The maximum atomic E-state index is 11.9. The number of rotatable bonds is 4. The number of hydrogen-bond acceptors (Lipinski definition) is 4. The molecule has 104 valence electrons. The highest BCUT2D eigenvalue weighted by molar-refractivity contribution is 6.31. The van der Waals surface area contributed by atoms with Crippen LogP contribution in [0.3, 0.4) is 0 Å². The van der Waals surface area contributed by atoms with Gasteiger partial charge in [-0.15, -0.1) is 0 Å². The van der Waals surface area contributed by atoms with Gasteiger partial charge in [0.25, 0.3) is 0 Å². The molecule has 0 saturated heterocycles. The van der Waals surface area contributed by atoms with Crippen LogP contribution in [0.5, 0.6) is 0 Å². The Morgan fingerprint density at radius 3 is 2.95 bits per heavy atom. The molecule has 0 aromatic carbocycles. The first-order valence-electron chi connectivity index (χ1n) is 5.92. The highest BCUT2D eigenvalue weighted by Gasteiger charge is 2.12. The van der Waals surface area contributed by atoms with Crippen LogP contribution in [0.2, 0.25) is 5.02 Å². The molecule has 0 spiro atoms. The molecule has 2 aromatic heterocycles. The van der Waals surface area contributed by atoms with Crippen molar-refractivity contribution in [2.75, 3.05) is 5.32 Å². The van der Waals surface area contributed by atoms with E-state index in [9.17, 15) is 4.79 Å². The molecule has 8 heteroatoms. The number of carbonyl (C=O) groups excluding carboxylic acids is 1. The first kappa shape index (κ1) is 14.1. The number of aromatic nitrogens is 4. The normalized spacial score (nSPS) is 10.3. The fourth-order valence-electron chi connectivity index (χ4n) is 1.69. The number of amides is 1. The molecule has 2 aromatic rings. The van der Waals surface area contributed by atoms with Crippen molar-refractivity contribution >= 4 is 23.3 Å². The van der Waals surface area contributed by atoms with E-state index in [1.807, 2.05) is 6.07 Å². The Kier molecular flexibility index (Phi) is 4.05. The molecule has 1 amide bonds. The summed E-state index contributed by atoms with van der Waals surface area (Å²) < 4.78 is 3.07. The highest BCUT2D eigenvalue weighted by Crippen LogP contribution is 2.14.